The number of hydrogen-bond donors (Lipinski definition) is 4. The Morgan fingerprint density at radius 2 is 1.93 bits per heavy atom. The molecule has 0 spiro atoms. The van der Waals surface area contributed by atoms with Crippen LogP contribution in [0.5, 0.6) is 0 Å². The van der Waals surface area contributed by atoms with Gasteiger partial charge in [0.2, 0.25) is 5.91 Å². The van der Waals surface area contributed by atoms with Crippen LogP contribution in [0.2, 0.25) is 0 Å². The van der Waals surface area contributed by atoms with Crippen LogP contribution in [0.3, 0.4) is 0 Å². The average Bonchev–Trinajstić information content (AvgIpc) is 2.69. The molecule has 10 nitrogen and oxygen atoms in total. The van der Waals surface area contributed by atoms with Crippen LogP contribution >= 0.6 is 0 Å². The average molecular weight is 431 g/mol. The highest BCUT2D eigenvalue weighted by Crippen LogP contribution is 2.39. The van der Waals surface area contributed by atoms with E-state index in [0.717, 1.165) is 32.1 Å². The Labute approximate surface area is 175 Å². The molecule has 0 aromatic heterocycles. The standard InChI is InChI=1S/C20H33NO9/c1-3-4-5-6-7-8-9-15(26)29-20-10-13(24)16(21-12(2)23)18(30-20)17(14(25)11-22)28-19(20)27/h13-14,16-18,22,24-25H,3-11H2,1-2H3,(H,21,23)/t13-,14?,16+,17+,18+,20-/m0/s1. The summed E-state index contributed by atoms with van der Waals surface area (Å²) in [6.07, 6.45) is 0.131. The molecule has 4 N–H and O–H groups in total. The van der Waals surface area contributed by atoms with Crippen molar-refractivity contribution in [3.05, 3.63) is 0 Å². The van der Waals surface area contributed by atoms with Crippen molar-refractivity contribution in [3.63, 3.8) is 0 Å². The molecule has 2 saturated heterocycles. The number of ether oxygens (including phenoxy) is 3. The molecule has 10 heteroatoms. The minimum absolute atomic E-state index is 0.0864. The second-order valence-corrected chi connectivity index (χ2v) is 7.94. The molecule has 0 aromatic rings. The van der Waals surface area contributed by atoms with E-state index in [-0.39, 0.29) is 6.42 Å². The molecule has 2 aliphatic rings. The molecule has 2 fully saturated rings. The van der Waals surface area contributed by atoms with Crippen molar-refractivity contribution in [2.24, 2.45) is 0 Å². The Bertz CT molecular complexity index is 611. The van der Waals surface area contributed by atoms with Gasteiger partial charge in [-0.05, 0) is 6.42 Å². The summed E-state index contributed by atoms with van der Waals surface area (Å²) in [7, 11) is 0. The smallest absolute Gasteiger partial charge is 0.380 e. The Kier molecular flexibility index (Phi) is 9.02. The van der Waals surface area contributed by atoms with Crippen molar-refractivity contribution < 1.29 is 43.9 Å². The maximum atomic E-state index is 12.6. The largest absolute Gasteiger partial charge is 0.452 e. The Morgan fingerprint density at radius 3 is 2.57 bits per heavy atom. The molecule has 2 bridgehead atoms. The summed E-state index contributed by atoms with van der Waals surface area (Å²) in [6.45, 7) is 2.62. The van der Waals surface area contributed by atoms with E-state index in [0.29, 0.717) is 6.42 Å². The van der Waals surface area contributed by atoms with E-state index in [1.807, 2.05) is 0 Å². The van der Waals surface area contributed by atoms with Crippen LogP contribution in [0.25, 0.3) is 0 Å². The highest BCUT2D eigenvalue weighted by atomic mass is 16.8. The molecule has 6 atom stereocenters. The Morgan fingerprint density at radius 1 is 1.27 bits per heavy atom. The van der Waals surface area contributed by atoms with Gasteiger partial charge >= 0.3 is 17.7 Å². The second-order valence-electron chi connectivity index (χ2n) is 7.94. The van der Waals surface area contributed by atoms with E-state index in [2.05, 4.69) is 12.2 Å². The van der Waals surface area contributed by atoms with Crippen molar-refractivity contribution >= 4 is 17.8 Å². The lowest BCUT2D eigenvalue weighted by atomic mass is 9.86. The second kappa shape index (κ2) is 11.0. The van der Waals surface area contributed by atoms with Crippen molar-refractivity contribution in [3.8, 4) is 0 Å². The molecule has 2 heterocycles. The predicted molar refractivity (Wildman–Crippen MR) is 103 cm³/mol. The number of esters is 2. The van der Waals surface area contributed by atoms with Gasteiger partial charge in [-0.15, -0.1) is 0 Å². The molecular formula is C20H33NO9. The van der Waals surface area contributed by atoms with Crippen LogP contribution in [0, 0.1) is 0 Å². The van der Waals surface area contributed by atoms with Gasteiger partial charge in [0.05, 0.1) is 25.2 Å². The molecule has 0 aromatic carbocycles. The van der Waals surface area contributed by atoms with E-state index in [4.69, 9.17) is 14.2 Å². The van der Waals surface area contributed by atoms with Crippen LogP contribution in [-0.2, 0) is 28.6 Å². The van der Waals surface area contributed by atoms with Gasteiger partial charge in [0.15, 0.2) is 6.10 Å². The molecule has 1 amide bonds. The van der Waals surface area contributed by atoms with Gasteiger partial charge in [-0.1, -0.05) is 39.0 Å². The minimum Gasteiger partial charge on any atom is -0.452 e. The zero-order chi connectivity index (χ0) is 22.3. The highest BCUT2D eigenvalue weighted by molar-refractivity contribution is 5.83. The first kappa shape index (κ1) is 24.5. The molecule has 0 saturated carbocycles. The third kappa shape index (κ3) is 5.90. The summed E-state index contributed by atoms with van der Waals surface area (Å²) in [4.78, 5) is 36.4. The number of unbranched alkanes of at least 4 members (excludes halogenated alkanes) is 5. The van der Waals surface area contributed by atoms with Crippen LogP contribution in [-0.4, -0.2) is 76.0 Å². The van der Waals surface area contributed by atoms with Crippen LogP contribution in [0.1, 0.15) is 65.2 Å². The Balaban J connectivity index is 2.07. The third-order valence-electron chi connectivity index (χ3n) is 5.40. The fraction of sp³-hybridized carbons (Fsp3) is 0.850. The van der Waals surface area contributed by atoms with Gasteiger partial charge in [-0.3, -0.25) is 9.59 Å². The van der Waals surface area contributed by atoms with Gasteiger partial charge in [0.1, 0.15) is 12.2 Å². The zero-order valence-electron chi connectivity index (χ0n) is 17.5. The van der Waals surface area contributed by atoms with Crippen LogP contribution < -0.4 is 5.32 Å². The summed E-state index contributed by atoms with van der Waals surface area (Å²) in [5.41, 5.74) is 0. The van der Waals surface area contributed by atoms with Crippen molar-refractivity contribution in [2.75, 3.05) is 6.61 Å². The minimum atomic E-state index is -2.15. The number of aliphatic hydroxyl groups excluding tert-OH is 3. The van der Waals surface area contributed by atoms with E-state index in [9.17, 15) is 29.7 Å². The number of fused-ring (bicyclic) bond motifs is 2. The topological polar surface area (TPSA) is 152 Å². The van der Waals surface area contributed by atoms with Crippen molar-refractivity contribution in [2.45, 2.75) is 101 Å². The maximum Gasteiger partial charge on any atom is 0.380 e. The molecule has 0 radical (unpaired) electrons. The Hall–Kier alpha value is -1.75. The number of carbonyl (C=O) groups excluding carboxylic acids is 3. The lowest BCUT2D eigenvalue weighted by molar-refractivity contribution is -0.333. The number of cyclic esters (lactones) is 1. The number of carbonyl (C=O) groups is 3. The van der Waals surface area contributed by atoms with Gasteiger partial charge in [0, 0.05) is 13.3 Å². The third-order valence-corrected chi connectivity index (χ3v) is 5.40. The van der Waals surface area contributed by atoms with Gasteiger partial charge in [0.25, 0.3) is 0 Å². The SMILES string of the molecule is CCCCCCCCC(=O)O[C@@]12C[C@H](O)[C@@H](NC(C)=O)[C@@H](O1)[C@@H](C(O)CO)OC2=O. The molecule has 2 rings (SSSR count). The summed E-state index contributed by atoms with van der Waals surface area (Å²) >= 11 is 0. The van der Waals surface area contributed by atoms with E-state index in [1.165, 1.54) is 6.92 Å². The summed E-state index contributed by atoms with van der Waals surface area (Å²) in [5, 5.41) is 32.3. The normalized spacial score (nSPS) is 31.6. The quantitative estimate of drug-likeness (QED) is 0.260. The highest BCUT2D eigenvalue weighted by Gasteiger charge is 2.63. The number of aliphatic hydroxyl groups is 3. The lowest BCUT2D eigenvalue weighted by Gasteiger charge is -2.51. The number of amides is 1. The molecule has 2 aliphatic heterocycles. The first-order valence-electron chi connectivity index (χ1n) is 10.6. The van der Waals surface area contributed by atoms with Crippen molar-refractivity contribution in [1.82, 2.24) is 5.32 Å². The molecule has 0 aliphatic carbocycles. The van der Waals surface area contributed by atoms with Crippen LogP contribution in [0.15, 0.2) is 0 Å². The molecule has 172 valence electrons. The van der Waals surface area contributed by atoms with Gasteiger partial charge in [-0.2, -0.15) is 0 Å². The summed E-state index contributed by atoms with van der Waals surface area (Å²) in [6, 6.07) is -1.02. The van der Waals surface area contributed by atoms with Gasteiger partial charge in [-0.25, -0.2) is 4.79 Å². The van der Waals surface area contributed by atoms with Crippen LogP contribution in [0.4, 0.5) is 0 Å². The summed E-state index contributed by atoms with van der Waals surface area (Å²) in [5.74, 6) is -4.34. The van der Waals surface area contributed by atoms with Gasteiger partial charge < -0.3 is 34.8 Å². The first-order valence-corrected chi connectivity index (χ1v) is 10.6. The predicted octanol–water partition coefficient (Wildman–Crippen LogP) is -0.0904. The summed E-state index contributed by atoms with van der Waals surface area (Å²) < 4.78 is 16.3. The number of nitrogens with one attached hydrogen (secondary N) is 1. The molecule has 1 unspecified atom stereocenters. The zero-order valence-corrected chi connectivity index (χ0v) is 17.5. The number of rotatable bonds is 11. The van der Waals surface area contributed by atoms with E-state index < -0.39 is 67.1 Å². The molecule has 30 heavy (non-hydrogen) atoms. The van der Waals surface area contributed by atoms with E-state index in [1.54, 1.807) is 0 Å². The lowest BCUT2D eigenvalue weighted by Crippen LogP contribution is -2.72. The van der Waals surface area contributed by atoms with E-state index >= 15 is 0 Å². The maximum absolute atomic E-state index is 12.6. The fourth-order valence-electron chi connectivity index (χ4n) is 3.85. The first-order chi connectivity index (χ1) is 14.2. The fourth-order valence-corrected chi connectivity index (χ4v) is 3.85. The number of hydrogen-bond acceptors (Lipinski definition) is 9. The monoisotopic (exact) mass is 431 g/mol. The molecular weight excluding hydrogens is 398 g/mol. The van der Waals surface area contributed by atoms with Crippen molar-refractivity contribution in [1.29, 1.82) is 0 Å².